The second-order valence-corrected chi connectivity index (χ2v) is 3.01. The van der Waals surface area contributed by atoms with Gasteiger partial charge in [0.15, 0.2) is 17.4 Å². The maximum Gasteiger partial charge on any atom is 2.00 e. The standard InChI is InChI=1S/C4H11NO3.Al.Mg.3Na.H3O4P.2H2O.3H/c5-3-1-2-4(6,7)8;;;;;;1-5(2,3)4;;;;;/h6-8H,1-3,5H2;;;;;;(H3,1,2,3,4);2*1H2;;;/q;;+2;3*+1;;;;;;/p-5. The van der Waals surface area contributed by atoms with E-state index in [2.05, 4.69) is 0 Å². The Labute approximate surface area is 210 Å². The van der Waals surface area contributed by atoms with Gasteiger partial charge in [0.2, 0.25) is 0 Å². The maximum atomic E-state index is 8.55. The Balaban J connectivity index is -0.0000000134. The summed E-state index contributed by atoms with van der Waals surface area (Å²) in [5, 5.41) is 24.6. The third-order valence-corrected chi connectivity index (χ3v) is 0.716. The van der Waals surface area contributed by atoms with E-state index in [1.54, 1.807) is 0 Å². The normalized spacial score (nSPS) is 7.75. The Morgan fingerprint density at radius 1 is 1.00 bits per heavy atom. The average molecular weight is 373 g/mol. The molecule has 0 aliphatic carbocycles. The predicted octanol–water partition coefficient (Wildman–Crippen LogP) is -15.4. The average Bonchev–Trinajstić information content (AvgIpc) is 1.77. The fourth-order valence-electron chi connectivity index (χ4n) is 0.339. The second kappa shape index (κ2) is 31.0. The van der Waals surface area contributed by atoms with E-state index < -0.39 is 13.8 Å². The summed E-state index contributed by atoms with van der Waals surface area (Å²) in [6.07, 6.45) is 0.312. The van der Waals surface area contributed by atoms with Gasteiger partial charge in [-0.3, -0.25) is 0 Å². The van der Waals surface area contributed by atoms with Crippen molar-refractivity contribution >= 4 is 48.2 Å². The minimum Gasteiger partial charge on any atom is -0.870 e. The van der Waals surface area contributed by atoms with Crippen molar-refractivity contribution in [3.05, 3.63) is 0 Å². The Morgan fingerprint density at radius 3 is 1.25 bits per heavy atom. The molecule has 0 aliphatic rings. The van der Waals surface area contributed by atoms with Gasteiger partial charge in [0, 0.05) is 6.42 Å². The topological polar surface area (TPSA) is 233 Å². The first kappa shape index (κ1) is 56.4. The fraction of sp³-hybridized carbons (Fsp3) is 1.00. The van der Waals surface area contributed by atoms with Crippen LogP contribution in [0.5, 0.6) is 0 Å². The first-order chi connectivity index (χ1) is 5.56. The Bertz CT molecular complexity index is 177. The molecular weight excluding hydrogens is 357 g/mol. The molecule has 20 heavy (non-hydrogen) atoms. The molecule has 0 fully saturated rings. The van der Waals surface area contributed by atoms with Gasteiger partial charge in [0.1, 0.15) is 0 Å². The molecule has 0 bridgehead atoms. The zero-order chi connectivity index (χ0) is 11.1. The molecule has 0 radical (unpaired) electrons. The van der Waals surface area contributed by atoms with Crippen molar-refractivity contribution in [2.45, 2.75) is 18.8 Å². The number of nitrogens with two attached hydrogens (primary N) is 1. The largest absolute Gasteiger partial charge is 2.00 e. The van der Waals surface area contributed by atoms with Crippen LogP contribution in [0.3, 0.4) is 0 Å². The SMILES string of the molecule is NCCCC(O)(O)O.O=P([O-])([O-])[O-].[AlH3].[Mg+2].[Na+].[Na+].[Na+].[OH-].[OH-]. The summed E-state index contributed by atoms with van der Waals surface area (Å²) < 4.78 is 8.55. The summed E-state index contributed by atoms with van der Waals surface area (Å²) in [4.78, 5) is 25.6. The molecule has 104 valence electrons. The minimum atomic E-state index is -5.39. The van der Waals surface area contributed by atoms with Crippen molar-refractivity contribution in [1.82, 2.24) is 0 Å². The second-order valence-electron chi connectivity index (χ2n) is 2.11. The molecule has 7 N–H and O–H groups in total. The van der Waals surface area contributed by atoms with Gasteiger partial charge in [-0.25, -0.2) is 0 Å². The zero-order valence-corrected chi connectivity index (χ0v) is 19.5. The van der Waals surface area contributed by atoms with Crippen LogP contribution in [0.1, 0.15) is 12.8 Å². The smallest absolute Gasteiger partial charge is 0.870 e. The van der Waals surface area contributed by atoms with Crippen LogP contribution in [-0.2, 0) is 4.57 Å². The predicted molar refractivity (Wildman–Crippen MR) is 54.8 cm³/mol. The van der Waals surface area contributed by atoms with E-state index in [1.165, 1.54) is 0 Å². The van der Waals surface area contributed by atoms with E-state index in [1.807, 2.05) is 0 Å². The number of hydrogen-bond acceptors (Lipinski definition) is 10. The summed E-state index contributed by atoms with van der Waals surface area (Å²) in [6, 6.07) is 0. The van der Waals surface area contributed by atoms with Crippen LogP contribution in [0.4, 0.5) is 0 Å². The van der Waals surface area contributed by atoms with E-state index in [4.69, 9.17) is 40.3 Å². The third kappa shape index (κ3) is 118. The first-order valence-electron chi connectivity index (χ1n) is 3.16. The summed E-state index contributed by atoms with van der Waals surface area (Å²) in [6.45, 7) is 0.351. The molecular formula is C4H16AlMgNNa3O9P. The fourth-order valence-corrected chi connectivity index (χ4v) is 0.339. The van der Waals surface area contributed by atoms with Gasteiger partial charge in [0.05, 0.1) is 0 Å². The molecule has 0 unspecified atom stereocenters. The minimum absolute atomic E-state index is 0. The molecule has 0 amide bonds. The molecule has 0 saturated carbocycles. The van der Waals surface area contributed by atoms with Crippen molar-refractivity contribution in [3.63, 3.8) is 0 Å². The van der Waals surface area contributed by atoms with Gasteiger partial charge in [-0.1, -0.05) is 0 Å². The van der Waals surface area contributed by atoms with Crippen molar-refractivity contribution in [2.24, 2.45) is 5.73 Å². The molecule has 0 atom stereocenters. The maximum absolute atomic E-state index is 8.55. The molecule has 0 aromatic carbocycles. The number of rotatable bonds is 3. The van der Waals surface area contributed by atoms with Crippen LogP contribution in [0.25, 0.3) is 0 Å². The van der Waals surface area contributed by atoms with Gasteiger partial charge < -0.3 is 51.3 Å². The molecule has 0 rings (SSSR count). The molecule has 0 aromatic rings. The van der Waals surface area contributed by atoms with Gasteiger partial charge in [-0.15, -0.1) is 0 Å². The van der Waals surface area contributed by atoms with E-state index in [0.29, 0.717) is 13.0 Å². The third-order valence-electron chi connectivity index (χ3n) is 0.716. The van der Waals surface area contributed by atoms with Crippen LogP contribution >= 0.6 is 7.82 Å². The van der Waals surface area contributed by atoms with E-state index in [0.717, 1.165) is 0 Å². The first-order valence-corrected chi connectivity index (χ1v) is 4.62. The van der Waals surface area contributed by atoms with E-state index in [-0.39, 0.29) is 146 Å². The summed E-state index contributed by atoms with van der Waals surface area (Å²) in [5.41, 5.74) is 5.00. The summed E-state index contributed by atoms with van der Waals surface area (Å²) in [5.74, 6) is -2.53. The number of hydrogen-bond donors (Lipinski definition) is 4. The van der Waals surface area contributed by atoms with Crippen LogP contribution < -0.4 is 109 Å². The van der Waals surface area contributed by atoms with Crippen molar-refractivity contribution < 1.29 is 134 Å². The molecule has 0 aromatic heterocycles. The van der Waals surface area contributed by atoms with Crippen molar-refractivity contribution in [2.75, 3.05) is 6.54 Å². The van der Waals surface area contributed by atoms with E-state index >= 15 is 0 Å². The van der Waals surface area contributed by atoms with Gasteiger partial charge in [0.25, 0.3) is 5.97 Å². The quantitative estimate of drug-likeness (QED) is 0.207. The molecule has 10 nitrogen and oxygen atoms in total. The number of aliphatic hydroxyl groups is 3. The Kier molecular flexibility index (Phi) is 87.4. The molecule has 0 spiro atoms. The van der Waals surface area contributed by atoms with Crippen LogP contribution in [-0.4, -0.2) is 79.2 Å². The summed E-state index contributed by atoms with van der Waals surface area (Å²) >= 11 is 0. The number of phosphoric acid groups is 1. The van der Waals surface area contributed by atoms with Crippen molar-refractivity contribution in [1.29, 1.82) is 0 Å². The van der Waals surface area contributed by atoms with Crippen LogP contribution in [0.2, 0.25) is 0 Å². The summed E-state index contributed by atoms with van der Waals surface area (Å²) in [7, 11) is -5.39. The monoisotopic (exact) mass is 373 g/mol. The molecule has 0 saturated heterocycles. The van der Waals surface area contributed by atoms with Crippen molar-refractivity contribution in [3.8, 4) is 0 Å². The molecule has 0 heterocycles. The van der Waals surface area contributed by atoms with Crippen LogP contribution in [0.15, 0.2) is 0 Å². The van der Waals surface area contributed by atoms with Crippen LogP contribution in [0, 0.1) is 0 Å². The Hall–Kier alpha value is 4.17. The molecule has 16 heteroatoms. The Morgan fingerprint density at radius 2 is 1.20 bits per heavy atom. The van der Waals surface area contributed by atoms with Gasteiger partial charge >= 0.3 is 112 Å². The zero-order valence-electron chi connectivity index (χ0n) is 11.2. The van der Waals surface area contributed by atoms with E-state index in [9.17, 15) is 0 Å². The van der Waals surface area contributed by atoms with Gasteiger partial charge in [-0.2, -0.15) is 7.82 Å². The van der Waals surface area contributed by atoms with Gasteiger partial charge in [-0.05, 0) is 13.0 Å². The molecule has 0 aliphatic heterocycles.